The van der Waals surface area contributed by atoms with Crippen molar-refractivity contribution in [3.8, 4) is 17.2 Å². The van der Waals surface area contributed by atoms with Gasteiger partial charge < -0.3 is 29.7 Å². The maximum atomic E-state index is 12.6. The smallest absolute Gasteiger partial charge is 0.323 e. The average molecular weight is 399 g/mol. The van der Waals surface area contributed by atoms with Crippen molar-refractivity contribution >= 4 is 29.0 Å². The van der Waals surface area contributed by atoms with E-state index in [1.807, 2.05) is 13.8 Å². The van der Waals surface area contributed by atoms with Crippen LogP contribution in [0.25, 0.3) is 0 Å². The topological polar surface area (TPSA) is 89.1 Å². The molecule has 3 rings (SSSR count). The summed E-state index contributed by atoms with van der Waals surface area (Å²) in [5.74, 6) is 1.44. The van der Waals surface area contributed by atoms with E-state index >= 15 is 0 Å². The largest absolute Gasteiger partial charge is 0.493 e. The second-order valence-corrected chi connectivity index (χ2v) is 7.34. The van der Waals surface area contributed by atoms with Gasteiger partial charge in [0.1, 0.15) is 12.4 Å². The third-order valence-electron chi connectivity index (χ3n) is 4.70. The SMILES string of the molecule is COc1cccc(NC(=O)Nc2ccc3c(c2)OCC(C)(C)C(=O)N3C)c1OC. The van der Waals surface area contributed by atoms with E-state index < -0.39 is 11.4 Å². The van der Waals surface area contributed by atoms with Gasteiger partial charge in [0.25, 0.3) is 0 Å². The standard InChI is InChI=1S/C21H25N3O5/c1-21(2)12-29-17-11-13(9-10-15(17)24(3)19(21)25)22-20(26)23-14-7-6-8-16(27-4)18(14)28-5/h6-11H,12H2,1-5H3,(H2,22,23,26). The summed E-state index contributed by atoms with van der Waals surface area (Å²) in [6, 6.07) is 9.91. The molecule has 29 heavy (non-hydrogen) atoms. The van der Waals surface area contributed by atoms with Gasteiger partial charge in [0.15, 0.2) is 11.5 Å². The highest BCUT2D eigenvalue weighted by atomic mass is 16.5. The summed E-state index contributed by atoms with van der Waals surface area (Å²) in [7, 11) is 4.75. The van der Waals surface area contributed by atoms with Crippen LogP contribution < -0.4 is 29.7 Å². The zero-order chi connectivity index (χ0) is 21.2. The number of urea groups is 1. The molecule has 0 aromatic heterocycles. The van der Waals surface area contributed by atoms with Gasteiger partial charge in [-0.1, -0.05) is 6.07 Å². The van der Waals surface area contributed by atoms with Gasteiger partial charge in [-0.25, -0.2) is 4.79 Å². The van der Waals surface area contributed by atoms with E-state index in [0.717, 1.165) is 0 Å². The fraction of sp³-hybridized carbons (Fsp3) is 0.333. The number of carbonyl (C=O) groups excluding carboxylic acids is 2. The fourth-order valence-electron chi connectivity index (χ4n) is 3.14. The van der Waals surface area contributed by atoms with Gasteiger partial charge in [-0.2, -0.15) is 0 Å². The summed E-state index contributed by atoms with van der Waals surface area (Å²) >= 11 is 0. The zero-order valence-corrected chi connectivity index (χ0v) is 17.2. The van der Waals surface area contributed by atoms with E-state index in [1.54, 1.807) is 48.3 Å². The van der Waals surface area contributed by atoms with Crippen molar-refractivity contribution in [2.24, 2.45) is 5.41 Å². The Balaban J connectivity index is 1.78. The summed E-state index contributed by atoms with van der Waals surface area (Å²) in [4.78, 5) is 26.6. The van der Waals surface area contributed by atoms with Crippen molar-refractivity contribution in [3.63, 3.8) is 0 Å². The number of ether oxygens (including phenoxy) is 3. The number of benzene rings is 2. The van der Waals surface area contributed by atoms with Crippen LogP contribution in [0.5, 0.6) is 17.2 Å². The van der Waals surface area contributed by atoms with Crippen LogP contribution in [-0.2, 0) is 4.79 Å². The van der Waals surface area contributed by atoms with Crippen LogP contribution in [0, 0.1) is 5.41 Å². The molecule has 0 saturated carbocycles. The van der Waals surface area contributed by atoms with E-state index in [9.17, 15) is 9.59 Å². The number of amides is 3. The normalized spacial score (nSPS) is 14.9. The number of methoxy groups -OCH3 is 2. The Kier molecular flexibility index (Phi) is 5.54. The molecule has 0 unspecified atom stereocenters. The molecule has 0 saturated heterocycles. The van der Waals surface area contributed by atoms with Crippen LogP contribution >= 0.6 is 0 Å². The summed E-state index contributed by atoms with van der Waals surface area (Å²) in [6.07, 6.45) is 0. The molecule has 2 N–H and O–H groups in total. The van der Waals surface area contributed by atoms with Gasteiger partial charge in [-0.05, 0) is 38.1 Å². The predicted octanol–water partition coefficient (Wildman–Crippen LogP) is 3.73. The molecule has 3 amide bonds. The van der Waals surface area contributed by atoms with Gasteiger partial charge in [0, 0.05) is 18.8 Å². The van der Waals surface area contributed by atoms with Crippen LogP contribution in [0.4, 0.5) is 21.9 Å². The highest BCUT2D eigenvalue weighted by molar-refractivity contribution is 6.02. The third-order valence-corrected chi connectivity index (χ3v) is 4.70. The summed E-state index contributed by atoms with van der Waals surface area (Å²) < 4.78 is 16.4. The lowest BCUT2D eigenvalue weighted by atomic mass is 9.93. The van der Waals surface area contributed by atoms with Crippen LogP contribution in [0.3, 0.4) is 0 Å². The summed E-state index contributed by atoms with van der Waals surface area (Å²) in [5.41, 5.74) is 1.02. The summed E-state index contributed by atoms with van der Waals surface area (Å²) in [5, 5.41) is 5.51. The molecule has 0 aliphatic carbocycles. The molecule has 1 aliphatic heterocycles. The molecule has 0 bridgehead atoms. The quantitative estimate of drug-likeness (QED) is 0.818. The lowest BCUT2D eigenvalue weighted by molar-refractivity contribution is -0.127. The monoisotopic (exact) mass is 399 g/mol. The van der Waals surface area contributed by atoms with E-state index in [0.29, 0.717) is 34.3 Å². The van der Waals surface area contributed by atoms with Gasteiger partial charge in [0.2, 0.25) is 5.91 Å². The number of hydrogen-bond acceptors (Lipinski definition) is 5. The molecule has 1 aliphatic rings. The first-order valence-corrected chi connectivity index (χ1v) is 9.11. The first-order chi connectivity index (χ1) is 13.8. The molecule has 0 atom stereocenters. The molecule has 8 nitrogen and oxygen atoms in total. The minimum absolute atomic E-state index is 0.0279. The van der Waals surface area contributed by atoms with E-state index in [4.69, 9.17) is 14.2 Å². The Morgan fingerprint density at radius 3 is 2.59 bits per heavy atom. The third kappa shape index (κ3) is 4.06. The summed E-state index contributed by atoms with van der Waals surface area (Å²) in [6.45, 7) is 3.93. The van der Waals surface area contributed by atoms with E-state index in [2.05, 4.69) is 10.6 Å². The molecular weight excluding hydrogens is 374 g/mol. The maximum Gasteiger partial charge on any atom is 0.323 e. The van der Waals surface area contributed by atoms with Crippen molar-refractivity contribution in [1.82, 2.24) is 0 Å². The van der Waals surface area contributed by atoms with Crippen molar-refractivity contribution in [3.05, 3.63) is 36.4 Å². The number of anilines is 3. The van der Waals surface area contributed by atoms with Gasteiger partial charge in [0.05, 0.1) is 31.0 Å². The number of para-hydroxylation sites is 1. The Morgan fingerprint density at radius 1 is 1.14 bits per heavy atom. The minimum Gasteiger partial charge on any atom is -0.493 e. The predicted molar refractivity (Wildman–Crippen MR) is 111 cm³/mol. The first kappa shape index (κ1) is 20.3. The van der Waals surface area contributed by atoms with Crippen molar-refractivity contribution in [2.75, 3.05) is 43.4 Å². The molecule has 1 heterocycles. The van der Waals surface area contributed by atoms with Crippen molar-refractivity contribution < 1.29 is 23.8 Å². The van der Waals surface area contributed by atoms with Crippen molar-refractivity contribution in [1.29, 1.82) is 0 Å². The number of rotatable bonds is 4. The maximum absolute atomic E-state index is 12.6. The highest BCUT2D eigenvalue weighted by Crippen LogP contribution is 2.38. The molecular formula is C21H25N3O5. The Bertz CT molecular complexity index is 942. The van der Waals surface area contributed by atoms with Crippen LogP contribution in [-0.4, -0.2) is 39.8 Å². The van der Waals surface area contributed by atoms with Crippen LogP contribution in [0.2, 0.25) is 0 Å². The fourth-order valence-corrected chi connectivity index (χ4v) is 3.14. The zero-order valence-electron chi connectivity index (χ0n) is 17.2. The number of nitrogens with zero attached hydrogens (tertiary/aromatic N) is 1. The molecule has 2 aromatic carbocycles. The first-order valence-electron chi connectivity index (χ1n) is 9.11. The second-order valence-electron chi connectivity index (χ2n) is 7.34. The second kappa shape index (κ2) is 7.90. The van der Waals surface area contributed by atoms with E-state index in [-0.39, 0.29) is 12.5 Å². The Hall–Kier alpha value is -3.42. The molecule has 0 radical (unpaired) electrons. The lowest BCUT2D eigenvalue weighted by Crippen LogP contribution is -2.39. The van der Waals surface area contributed by atoms with Crippen molar-refractivity contribution in [2.45, 2.75) is 13.8 Å². The van der Waals surface area contributed by atoms with E-state index in [1.165, 1.54) is 14.2 Å². The highest BCUT2D eigenvalue weighted by Gasteiger charge is 2.36. The number of hydrogen-bond donors (Lipinski definition) is 2. The minimum atomic E-state index is -0.637. The molecule has 8 heteroatoms. The number of carbonyl (C=O) groups is 2. The van der Waals surface area contributed by atoms with Gasteiger partial charge in [-0.3, -0.25) is 4.79 Å². The van der Waals surface area contributed by atoms with Crippen LogP contribution in [0.15, 0.2) is 36.4 Å². The van der Waals surface area contributed by atoms with Crippen LogP contribution in [0.1, 0.15) is 13.8 Å². The molecule has 2 aromatic rings. The van der Waals surface area contributed by atoms with Gasteiger partial charge >= 0.3 is 6.03 Å². The number of fused-ring (bicyclic) bond motifs is 1. The number of nitrogens with one attached hydrogen (secondary N) is 2. The molecule has 0 spiro atoms. The average Bonchev–Trinajstić information content (AvgIpc) is 2.78. The molecule has 0 fully saturated rings. The molecule has 154 valence electrons. The Morgan fingerprint density at radius 2 is 1.90 bits per heavy atom. The van der Waals surface area contributed by atoms with Gasteiger partial charge in [-0.15, -0.1) is 0 Å². The lowest BCUT2D eigenvalue weighted by Gasteiger charge is -2.24. The Labute approximate surface area is 169 Å².